The zero-order chi connectivity index (χ0) is 7.11. The van der Waals surface area contributed by atoms with E-state index in [1.807, 2.05) is 30.3 Å². The fourth-order valence-electron chi connectivity index (χ4n) is 0.453. The fraction of sp³-hybridized carbons (Fsp3) is 0.143. The van der Waals surface area contributed by atoms with Crippen LogP contribution in [0, 0.1) is 0 Å². The summed E-state index contributed by atoms with van der Waals surface area (Å²) in [6, 6.07) is 9.49. The van der Waals surface area contributed by atoms with Crippen LogP contribution < -0.4 is 40.4 Å². The van der Waals surface area contributed by atoms with Gasteiger partial charge in [-0.05, 0) is 12.1 Å². The molecule has 0 aromatic heterocycles. The first-order chi connectivity index (χ1) is 4.39. The summed E-state index contributed by atoms with van der Waals surface area (Å²) in [5, 5.41) is 8.25. The first-order valence-corrected chi connectivity index (χ1v) is 2.61. The average molecular weight is 147 g/mol. The predicted octanol–water partition coefficient (Wildman–Crippen LogP) is -2.75. The molecule has 0 aliphatic carbocycles. The molecule has 3 heteroatoms. The van der Waals surface area contributed by atoms with Crippen LogP contribution in [0.5, 0.6) is 0 Å². The molecule has 0 unspecified atom stereocenters. The normalized spacial score (nSPS) is 6.60. The fourth-order valence-corrected chi connectivity index (χ4v) is 0.453. The SMILES string of the molecule is C[O-].Nc1ccccc1.[Na+]. The van der Waals surface area contributed by atoms with Crippen molar-refractivity contribution in [2.75, 3.05) is 12.8 Å². The van der Waals surface area contributed by atoms with Crippen LogP contribution in [0.2, 0.25) is 0 Å². The van der Waals surface area contributed by atoms with Gasteiger partial charge in [-0.3, -0.25) is 0 Å². The second-order valence-electron chi connectivity index (χ2n) is 1.41. The van der Waals surface area contributed by atoms with Crippen molar-refractivity contribution in [3.8, 4) is 0 Å². The number of nitrogen functional groups attached to an aromatic ring is 1. The van der Waals surface area contributed by atoms with Crippen LogP contribution in [0.3, 0.4) is 0 Å². The second kappa shape index (κ2) is 8.98. The predicted molar refractivity (Wildman–Crippen MR) is 36.8 cm³/mol. The quantitative estimate of drug-likeness (QED) is 0.319. The minimum atomic E-state index is 0. The Balaban J connectivity index is 0. The van der Waals surface area contributed by atoms with Crippen molar-refractivity contribution >= 4 is 5.69 Å². The van der Waals surface area contributed by atoms with Gasteiger partial charge in [0.05, 0.1) is 0 Å². The third-order valence-corrected chi connectivity index (χ3v) is 0.800. The van der Waals surface area contributed by atoms with E-state index in [-0.39, 0.29) is 29.6 Å². The monoisotopic (exact) mass is 147 g/mol. The van der Waals surface area contributed by atoms with Crippen LogP contribution in [0.15, 0.2) is 30.3 Å². The summed E-state index contributed by atoms with van der Waals surface area (Å²) in [4.78, 5) is 0. The molecule has 0 atom stereocenters. The molecule has 0 aliphatic rings. The molecule has 0 bridgehead atoms. The van der Waals surface area contributed by atoms with Gasteiger partial charge in [-0.1, -0.05) is 18.2 Å². The van der Waals surface area contributed by atoms with Crippen molar-refractivity contribution in [1.29, 1.82) is 0 Å². The number of rotatable bonds is 0. The Bertz CT molecular complexity index is 144. The maximum atomic E-state index is 8.25. The van der Waals surface area contributed by atoms with Crippen molar-refractivity contribution < 1.29 is 34.7 Å². The smallest absolute Gasteiger partial charge is 0.857 e. The zero-order valence-corrected chi connectivity index (χ0v) is 8.37. The molecule has 50 valence electrons. The molecule has 1 aromatic rings. The molecule has 0 saturated carbocycles. The molecule has 0 spiro atoms. The van der Waals surface area contributed by atoms with Gasteiger partial charge in [0.25, 0.3) is 0 Å². The standard InChI is InChI=1S/C6H7N.CH3O.Na/c7-6-4-2-1-3-5-6;1-2;/h1-5H,7H2;1H3;/q;-1;+1. The molecule has 2 nitrogen and oxygen atoms in total. The summed E-state index contributed by atoms with van der Waals surface area (Å²) in [6.07, 6.45) is 0. The topological polar surface area (TPSA) is 49.1 Å². The van der Waals surface area contributed by atoms with E-state index in [1.54, 1.807) is 0 Å². The van der Waals surface area contributed by atoms with E-state index >= 15 is 0 Å². The Morgan fingerprint density at radius 2 is 1.50 bits per heavy atom. The van der Waals surface area contributed by atoms with Gasteiger partial charge in [0, 0.05) is 5.69 Å². The second-order valence-corrected chi connectivity index (χ2v) is 1.41. The van der Waals surface area contributed by atoms with Gasteiger partial charge in [0.1, 0.15) is 0 Å². The minimum absolute atomic E-state index is 0. The van der Waals surface area contributed by atoms with Crippen molar-refractivity contribution in [3.63, 3.8) is 0 Å². The third-order valence-electron chi connectivity index (χ3n) is 0.800. The summed E-state index contributed by atoms with van der Waals surface area (Å²) in [5.74, 6) is 0. The number of anilines is 1. The molecule has 0 saturated heterocycles. The summed E-state index contributed by atoms with van der Waals surface area (Å²) >= 11 is 0. The van der Waals surface area contributed by atoms with Gasteiger partial charge < -0.3 is 10.8 Å². The van der Waals surface area contributed by atoms with Crippen LogP contribution in [0.25, 0.3) is 0 Å². The molecule has 1 rings (SSSR count). The number of hydrogen-bond acceptors (Lipinski definition) is 2. The van der Waals surface area contributed by atoms with Gasteiger partial charge >= 0.3 is 29.6 Å². The van der Waals surface area contributed by atoms with E-state index in [1.165, 1.54) is 0 Å². The van der Waals surface area contributed by atoms with Gasteiger partial charge in [0.15, 0.2) is 0 Å². The summed E-state index contributed by atoms with van der Waals surface area (Å²) in [6.45, 7) is 0. The molecule has 0 heterocycles. The Hall–Kier alpha value is -0.0200. The summed E-state index contributed by atoms with van der Waals surface area (Å²) in [5.41, 5.74) is 6.18. The Morgan fingerprint density at radius 3 is 1.70 bits per heavy atom. The maximum Gasteiger partial charge on any atom is 1.00 e. The van der Waals surface area contributed by atoms with Crippen molar-refractivity contribution in [2.45, 2.75) is 0 Å². The minimum Gasteiger partial charge on any atom is -0.857 e. The first kappa shape index (κ1) is 12.6. The molecule has 10 heavy (non-hydrogen) atoms. The van der Waals surface area contributed by atoms with Crippen molar-refractivity contribution in [2.24, 2.45) is 0 Å². The Morgan fingerprint density at radius 1 is 1.10 bits per heavy atom. The van der Waals surface area contributed by atoms with E-state index < -0.39 is 0 Å². The van der Waals surface area contributed by atoms with E-state index in [0.717, 1.165) is 12.8 Å². The van der Waals surface area contributed by atoms with Crippen LogP contribution in [0.4, 0.5) is 5.69 Å². The molecular weight excluding hydrogens is 137 g/mol. The van der Waals surface area contributed by atoms with E-state index in [2.05, 4.69) is 0 Å². The van der Waals surface area contributed by atoms with Crippen LogP contribution >= 0.6 is 0 Å². The van der Waals surface area contributed by atoms with E-state index in [9.17, 15) is 0 Å². The molecular formula is C7H10NNaO. The van der Waals surface area contributed by atoms with Gasteiger partial charge in [0.2, 0.25) is 0 Å². The average Bonchev–Trinajstić information content (AvgIpc) is 1.94. The zero-order valence-electron chi connectivity index (χ0n) is 6.37. The largest absolute Gasteiger partial charge is 1.00 e. The van der Waals surface area contributed by atoms with Crippen molar-refractivity contribution in [1.82, 2.24) is 0 Å². The third kappa shape index (κ3) is 6.11. The molecule has 0 amide bonds. The van der Waals surface area contributed by atoms with Crippen LogP contribution in [-0.4, -0.2) is 7.11 Å². The molecule has 0 aliphatic heterocycles. The molecule has 2 N–H and O–H groups in total. The number of hydrogen-bond donors (Lipinski definition) is 1. The molecule has 0 fully saturated rings. The number of para-hydroxylation sites is 1. The van der Waals surface area contributed by atoms with Gasteiger partial charge in [-0.25, -0.2) is 0 Å². The molecule has 1 aromatic carbocycles. The van der Waals surface area contributed by atoms with Crippen LogP contribution in [0.1, 0.15) is 0 Å². The first-order valence-electron chi connectivity index (χ1n) is 2.61. The number of benzene rings is 1. The van der Waals surface area contributed by atoms with E-state index in [0.29, 0.717) is 0 Å². The van der Waals surface area contributed by atoms with Crippen molar-refractivity contribution in [3.05, 3.63) is 30.3 Å². The summed E-state index contributed by atoms with van der Waals surface area (Å²) < 4.78 is 0. The number of nitrogens with two attached hydrogens (primary N) is 1. The molecule has 0 radical (unpaired) electrons. The maximum absolute atomic E-state index is 8.25. The summed E-state index contributed by atoms with van der Waals surface area (Å²) in [7, 11) is 0.750. The van der Waals surface area contributed by atoms with Gasteiger partial charge in [-0.2, -0.15) is 7.11 Å². The van der Waals surface area contributed by atoms with Gasteiger partial charge in [-0.15, -0.1) is 0 Å². The van der Waals surface area contributed by atoms with E-state index in [4.69, 9.17) is 10.8 Å². The Labute approximate surface area is 83.3 Å². The Kier molecular flexibility index (Phi) is 11.3. The van der Waals surface area contributed by atoms with Crippen LogP contribution in [-0.2, 0) is 0 Å².